The maximum atomic E-state index is 13.2. The first-order valence-electron chi connectivity index (χ1n) is 9.02. The van der Waals surface area contributed by atoms with Gasteiger partial charge in [0.05, 0.1) is 16.8 Å². The first-order valence-corrected chi connectivity index (χ1v) is 9.84. The number of carbonyl (C=O) groups is 1. The maximum absolute atomic E-state index is 13.2. The Morgan fingerprint density at radius 3 is 2.38 bits per heavy atom. The van der Waals surface area contributed by atoms with E-state index in [4.69, 9.17) is 4.98 Å². The topological polar surface area (TPSA) is 33.2 Å². The van der Waals surface area contributed by atoms with E-state index >= 15 is 0 Å². The molecule has 136 valence electrons. The first-order chi connectivity index (χ1) is 12.3. The van der Waals surface area contributed by atoms with Crippen molar-refractivity contribution >= 4 is 32.6 Å². The quantitative estimate of drug-likeness (QED) is 0.567. The molecule has 0 fully saturated rings. The van der Waals surface area contributed by atoms with Gasteiger partial charge in [-0.3, -0.25) is 9.69 Å². The molecular weight excluding hydrogens is 340 g/mol. The summed E-state index contributed by atoms with van der Waals surface area (Å²) >= 11 is 1.59. The van der Waals surface area contributed by atoms with Crippen LogP contribution in [0.25, 0.3) is 10.2 Å². The Balaban J connectivity index is 2.08. The molecule has 0 unspecified atom stereocenters. The summed E-state index contributed by atoms with van der Waals surface area (Å²) in [7, 11) is 0. The standard InChI is InChI=1S/C22H26N2OS/c1-15(2)17-12-9-13-18-19(17)23-21(26-18)24(20(25)22(3,4)5)14-16-10-7-6-8-11-16/h6-13,15H,14H2,1-5H3. The van der Waals surface area contributed by atoms with E-state index in [0.717, 1.165) is 20.9 Å². The van der Waals surface area contributed by atoms with Gasteiger partial charge in [0, 0.05) is 5.41 Å². The second-order valence-corrected chi connectivity index (χ2v) is 8.98. The molecular formula is C22H26N2OS. The zero-order valence-corrected chi connectivity index (χ0v) is 16.9. The van der Waals surface area contributed by atoms with Crippen molar-refractivity contribution in [3.05, 3.63) is 59.7 Å². The summed E-state index contributed by atoms with van der Waals surface area (Å²) < 4.78 is 1.13. The Kier molecular flexibility index (Phi) is 5.15. The fourth-order valence-electron chi connectivity index (χ4n) is 2.94. The molecule has 1 heterocycles. The minimum absolute atomic E-state index is 0.0894. The van der Waals surface area contributed by atoms with Gasteiger partial charge >= 0.3 is 0 Å². The Hall–Kier alpha value is -2.20. The molecule has 0 N–H and O–H groups in total. The Labute approximate surface area is 159 Å². The number of anilines is 1. The van der Waals surface area contributed by atoms with Gasteiger partial charge in [-0.1, -0.05) is 88.4 Å². The van der Waals surface area contributed by atoms with Crippen LogP contribution in [0.2, 0.25) is 0 Å². The fraction of sp³-hybridized carbons (Fsp3) is 0.364. The van der Waals surface area contributed by atoms with Gasteiger partial charge < -0.3 is 0 Å². The second kappa shape index (κ2) is 7.20. The van der Waals surface area contributed by atoms with E-state index in [0.29, 0.717) is 12.5 Å². The van der Waals surface area contributed by atoms with Gasteiger partial charge in [-0.25, -0.2) is 4.98 Å². The summed E-state index contributed by atoms with van der Waals surface area (Å²) in [5.41, 5.74) is 2.89. The molecule has 0 bridgehead atoms. The SMILES string of the molecule is CC(C)c1cccc2sc(N(Cc3ccccc3)C(=O)C(C)(C)C)nc12. The zero-order chi connectivity index (χ0) is 18.9. The van der Waals surface area contributed by atoms with Crippen LogP contribution in [-0.2, 0) is 11.3 Å². The number of fused-ring (bicyclic) bond motifs is 1. The highest BCUT2D eigenvalue weighted by Crippen LogP contribution is 2.35. The molecule has 0 saturated carbocycles. The maximum Gasteiger partial charge on any atom is 0.234 e. The normalized spacial score (nSPS) is 11.9. The molecule has 0 radical (unpaired) electrons. The number of amides is 1. The van der Waals surface area contributed by atoms with E-state index < -0.39 is 5.41 Å². The molecule has 3 aromatic rings. The largest absolute Gasteiger partial charge is 0.283 e. The number of aromatic nitrogens is 1. The van der Waals surface area contributed by atoms with E-state index in [1.807, 2.05) is 43.9 Å². The molecule has 3 nitrogen and oxygen atoms in total. The fourth-order valence-corrected chi connectivity index (χ4v) is 3.93. The molecule has 2 aromatic carbocycles. The van der Waals surface area contributed by atoms with Crippen LogP contribution in [0, 0.1) is 5.41 Å². The van der Waals surface area contributed by atoms with Gasteiger partial charge in [0.25, 0.3) is 0 Å². The smallest absolute Gasteiger partial charge is 0.234 e. The molecule has 4 heteroatoms. The van der Waals surface area contributed by atoms with Gasteiger partial charge in [0.1, 0.15) is 0 Å². The van der Waals surface area contributed by atoms with Crippen molar-refractivity contribution in [2.45, 2.75) is 47.1 Å². The van der Waals surface area contributed by atoms with Crippen molar-refractivity contribution in [2.24, 2.45) is 5.41 Å². The van der Waals surface area contributed by atoms with Crippen LogP contribution in [0.15, 0.2) is 48.5 Å². The van der Waals surface area contributed by atoms with Gasteiger partial charge in [0.15, 0.2) is 5.13 Å². The van der Waals surface area contributed by atoms with E-state index in [2.05, 4.69) is 44.2 Å². The molecule has 0 atom stereocenters. The predicted octanol–water partition coefficient (Wildman–Crippen LogP) is 6.00. The summed E-state index contributed by atoms with van der Waals surface area (Å²) in [4.78, 5) is 19.9. The predicted molar refractivity (Wildman–Crippen MR) is 111 cm³/mol. The highest BCUT2D eigenvalue weighted by molar-refractivity contribution is 7.22. The average Bonchev–Trinajstić information content (AvgIpc) is 3.02. The third kappa shape index (κ3) is 3.80. The van der Waals surface area contributed by atoms with Crippen molar-refractivity contribution in [3.8, 4) is 0 Å². The van der Waals surface area contributed by atoms with Gasteiger partial charge in [-0.2, -0.15) is 0 Å². The van der Waals surface area contributed by atoms with Crippen LogP contribution in [0.5, 0.6) is 0 Å². The highest BCUT2D eigenvalue weighted by atomic mass is 32.1. The van der Waals surface area contributed by atoms with Crippen LogP contribution >= 0.6 is 11.3 Å². The van der Waals surface area contributed by atoms with Gasteiger partial charge in [-0.05, 0) is 23.1 Å². The third-order valence-electron chi connectivity index (χ3n) is 4.36. The third-order valence-corrected chi connectivity index (χ3v) is 5.41. The summed E-state index contributed by atoms with van der Waals surface area (Å²) in [6.07, 6.45) is 0. The Morgan fingerprint density at radius 1 is 1.08 bits per heavy atom. The van der Waals surface area contributed by atoms with Gasteiger partial charge in [-0.15, -0.1) is 0 Å². The van der Waals surface area contributed by atoms with Crippen molar-refractivity contribution in [1.29, 1.82) is 0 Å². The minimum Gasteiger partial charge on any atom is -0.283 e. The first kappa shape index (κ1) is 18.6. The molecule has 0 spiro atoms. The number of thiazole rings is 1. The number of nitrogens with zero attached hydrogens (tertiary/aromatic N) is 2. The van der Waals surface area contributed by atoms with E-state index in [9.17, 15) is 4.79 Å². The van der Waals surface area contributed by atoms with Crippen LogP contribution in [0.4, 0.5) is 5.13 Å². The number of benzene rings is 2. The average molecular weight is 367 g/mol. The van der Waals surface area contributed by atoms with Crippen LogP contribution < -0.4 is 4.90 Å². The monoisotopic (exact) mass is 366 g/mol. The molecule has 3 rings (SSSR count). The molecule has 26 heavy (non-hydrogen) atoms. The summed E-state index contributed by atoms with van der Waals surface area (Å²) in [5, 5.41) is 0.775. The minimum atomic E-state index is -0.465. The molecule has 0 aliphatic carbocycles. The number of rotatable bonds is 4. The molecule has 1 amide bonds. The summed E-state index contributed by atoms with van der Waals surface area (Å²) in [6.45, 7) is 10.8. The lowest BCUT2D eigenvalue weighted by Gasteiger charge is -2.27. The number of hydrogen-bond acceptors (Lipinski definition) is 3. The zero-order valence-electron chi connectivity index (χ0n) is 16.1. The Bertz CT molecular complexity index is 907. The molecule has 1 aromatic heterocycles. The van der Waals surface area contributed by atoms with Gasteiger partial charge in [0.2, 0.25) is 5.91 Å². The number of hydrogen-bond donors (Lipinski definition) is 0. The van der Waals surface area contributed by atoms with E-state index in [1.165, 1.54) is 5.56 Å². The van der Waals surface area contributed by atoms with E-state index in [1.54, 1.807) is 11.3 Å². The lowest BCUT2D eigenvalue weighted by molar-refractivity contribution is -0.125. The Morgan fingerprint density at radius 2 is 1.77 bits per heavy atom. The van der Waals surface area contributed by atoms with Crippen molar-refractivity contribution in [1.82, 2.24) is 4.98 Å². The molecule has 0 aliphatic rings. The number of para-hydroxylation sites is 1. The van der Waals surface area contributed by atoms with Crippen LogP contribution in [0.3, 0.4) is 0 Å². The lowest BCUT2D eigenvalue weighted by atomic mass is 9.94. The number of carbonyl (C=O) groups excluding carboxylic acids is 1. The summed E-state index contributed by atoms with van der Waals surface area (Å²) in [6, 6.07) is 16.4. The van der Waals surface area contributed by atoms with Crippen molar-refractivity contribution in [3.63, 3.8) is 0 Å². The second-order valence-electron chi connectivity index (χ2n) is 7.97. The molecule has 0 aliphatic heterocycles. The van der Waals surface area contributed by atoms with E-state index in [-0.39, 0.29) is 5.91 Å². The highest BCUT2D eigenvalue weighted by Gasteiger charge is 2.30. The van der Waals surface area contributed by atoms with Crippen LogP contribution in [-0.4, -0.2) is 10.9 Å². The van der Waals surface area contributed by atoms with Crippen LogP contribution in [0.1, 0.15) is 51.7 Å². The van der Waals surface area contributed by atoms with Crippen molar-refractivity contribution < 1.29 is 4.79 Å². The summed E-state index contributed by atoms with van der Waals surface area (Å²) in [5.74, 6) is 0.487. The molecule has 0 saturated heterocycles. The lowest BCUT2D eigenvalue weighted by Crippen LogP contribution is -2.39. The van der Waals surface area contributed by atoms with Crippen molar-refractivity contribution in [2.75, 3.05) is 4.90 Å².